The van der Waals surface area contributed by atoms with Gasteiger partial charge in [-0.2, -0.15) is 0 Å². The number of benzene rings is 2. The molecule has 0 aliphatic rings. The molecule has 0 amide bonds. The van der Waals surface area contributed by atoms with Crippen LogP contribution in [-0.2, 0) is 0 Å². The second-order valence-corrected chi connectivity index (χ2v) is 5.45. The van der Waals surface area contributed by atoms with Crippen molar-refractivity contribution in [3.05, 3.63) is 92.8 Å². The lowest BCUT2D eigenvalue weighted by molar-refractivity contribution is 0.583. The fourth-order valence-electron chi connectivity index (χ4n) is 2.58. The van der Waals surface area contributed by atoms with Crippen LogP contribution in [0, 0.1) is 11.6 Å². The highest BCUT2D eigenvalue weighted by Gasteiger charge is 2.14. The first-order chi connectivity index (χ1) is 11.5. The van der Waals surface area contributed by atoms with Crippen molar-refractivity contribution in [2.75, 3.05) is 0 Å². The fraction of sp³-hybridized carbons (Fsp3) is 0.111. The van der Waals surface area contributed by atoms with Crippen LogP contribution in [0.5, 0.6) is 0 Å². The Bertz CT molecular complexity index is 974. The average molecular weight is 328 g/mol. The molecule has 2 aromatic carbocycles. The normalized spacial score (nSPS) is 12.1. The van der Waals surface area contributed by atoms with Gasteiger partial charge >= 0.3 is 5.69 Å². The highest BCUT2D eigenvalue weighted by Crippen LogP contribution is 2.20. The summed E-state index contributed by atoms with van der Waals surface area (Å²) in [5, 5.41) is 0. The van der Waals surface area contributed by atoms with Crippen LogP contribution in [0.15, 0.2) is 64.3 Å². The Morgan fingerprint density at radius 3 is 2.25 bits per heavy atom. The van der Waals surface area contributed by atoms with Gasteiger partial charge in [0.15, 0.2) is 0 Å². The summed E-state index contributed by atoms with van der Waals surface area (Å²) in [5.41, 5.74) is -0.319. The van der Waals surface area contributed by atoms with Gasteiger partial charge in [-0.3, -0.25) is 14.3 Å². The molecule has 4 nitrogen and oxygen atoms in total. The van der Waals surface area contributed by atoms with Crippen molar-refractivity contribution in [3.63, 3.8) is 0 Å². The van der Waals surface area contributed by atoms with Crippen molar-refractivity contribution in [2.45, 2.75) is 13.0 Å². The van der Waals surface area contributed by atoms with Crippen LogP contribution in [0.2, 0.25) is 0 Å². The van der Waals surface area contributed by atoms with E-state index in [1.54, 1.807) is 6.92 Å². The standard InChI is InChI=1S/C18H14F2N2O2/c1-11(12-5-3-2-4-6-12)22-10-16(17(23)21-18(22)24)13-7-14(19)9-15(20)8-13/h2-11H,1H3,(H,21,23,24). The van der Waals surface area contributed by atoms with Gasteiger partial charge in [0.25, 0.3) is 5.56 Å². The maximum atomic E-state index is 13.4. The topological polar surface area (TPSA) is 54.9 Å². The minimum atomic E-state index is -0.793. The number of aromatic nitrogens is 2. The number of hydrogen-bond acceptors (Lipinski definition) is 2. The molecule has 0 saturated heterocycles. The van der Waals surface area contributed by atoms with Crippen molar-refractivity contribution < 1.29 is 8.78 Å². The second kappa shape index (κ2) is 6.23. The number of nitrogens with zero attached hydrogens (tertiary/aromatic N) is 1. The third-order valence-corrected chi connectivity index (χ3v) is 3.84. The molecule has 6 heteroatoms. The SMILES string of the molecule is CC(c1ccccc1)n1cc(-c2cc(F)cc(F)c2)c(=O)[nH]c1=O. The quantitative estimate of drug-likeness (QED) is 0.803. The van der Waals surface area contributed by atoms with Crippen LogP contribution in [0.3, 0.4) is 0 Å². The molecule has 0 aliphatic heterocycles. The number of halogens is 2. The lowest BCUT2D eigenvalue weighted by Crippen LogP contribution is -2.32. The van der Waals surface area contributed by atoms with Crippen molar-refractivity contribution >= 4 is 0 Å². The van der Waals surface area contributed by atoms with Gasteiger partial charge in [-0.15, -0.1) is 0 Å². The van der Waals surface area contributed by atoms with Crippen LogP contribution in [0.1, 0.15) is 18.5 Å². The molecule has 122 valence electrons. The highest BCUT2D eigenvalue weighted by molar-refractivity contribution is 5.61. The Morgan fingerprint density at radius 2 is 1.62 bits per heavy atom. The first-order valence-corrected chi connectivity index (χ1v) is 7.32. The maximum absolute atomic E-state index is 13.4. The third kappa shape index (κ3) is 3.03. The summed E-state index contributed by atoms with van der Waals surface area (Å²) in [6.45, 7) is 1.80. The molecular weight excluding hydrogens is 314 g/mol. The summed E-state index contributed by atoms with van der Waals surface area (Å²) >= 11 is 0. The summed E-state index contributed by atoms with van der Waals surface area (Å²) in [5.74, 6) is -1.59. The second-order valence-electron chi connectivity index (χ2n) is 5.45. The molecule has 0 bridgehead atoms. The zero-order valence-electron chi connectivity index (χ0n) is 12.8. The van der Waals surface area contributed by atoms with Crippen LogP contribution >= 0.6 is 0 Å². The van der Waals surface area contributed by atoms with Gasteiger partial charge in [0.05, 0.1) is 11.6 Å². The van der Waals surface area contributed by atoms with E-state index in [0.29, 0.717) is 0 Å². The lowest BCUT2D eigenvalue weighted by Gasteiger charge is -2.16. The van der Waals surface area contributed by atoms with Gasteiger partial charge in [-0.25, -0.2) is 13.6 Å². The first-order valence-electron chi connectivity index (χ1n) is 7.32. The maximum Gasteiger partial charge on any atom is 0.328 e. The van der Waals surface area contributed by atoms with E-state index in [4.69, 9.17) is 0 Å². The predicted molar refractivity (Wildman–Crippen MR) is 86.9 cm³/mol. The summed E-state index contributed by atoms with van der Waals surface area (Å²) in [6, 6.07) is 11.7. The van der Waals surface area contributed by atoms with Crippen LogP contribution in [0.25, 0.3) is 11.1 Å². The minimum absolute atomic E-state index is 0.0239. The van der Waals surface area contributed by atoms with Crippen molar-refractivity contribution in [1.82, 2.24) is 9.55 Å². The smallest absolute Gasteiger partial charge is 0.293 e. The van der Waals surface area contributed by atoms with E-state index in [2.05, 4.69) is 4.98 Å². The van der Waals surface area contributed by atoms with Gasteiger partial charge in [0.2, 0.25) is 0 Å². The molecule has 0 spiro atoms. The molecule has 1 N–H and O–H groups in total. The van der Waals surface area contributed by atoms with E-state index in [1.807, 2.05) is 30.3 Å². The number of nitrogens with one attached hydrogen (secondary N) is 1. The molecule has 0 aliphatic carbocycles. The van der Waals surface area contributed by atoms with Crippen LogP contribution in [-0.4, -0.2) is 9.55 Å². The molecule has 0 fully saturated rings. The largest absolute Gasteiger partial charge is 0.328 e. The molecule has 0 saturated carbocycles. The zero-order valence-corrected chi connectivity index (χ0v) is 12.8. The molecule has 3 rings (SSSR count). The van der Waals surface area contributed by atoms with Gasteiger partial charge in [0.1, 0.15) is 11.6 Å². The van der Waals surface area contributed by atoms with Crippen molar-refractivity contribution in [2.24, 2.45) is 0 Å². The van der Waals surface area contributed by atoms with E-state index in [0.717, 1.165) is 23.8 Å². The summed E-state index contributed by atoms with van der Waals surface area (Å²) < 4.78 is 28.2. The number of hydrogen-bond donors (Lipinski definition) is 1. The molecule has 24 heavy (non-hydrogen) atoms. The molecule has 3 aromatic rings. The monoisotopic (exact) mass is 328 g/mol. The van der Waals surface area contributed by atoms with Crippen molar-refractivity contribution in [3.8, 4) is 11.1 Å². The fourth-order valence-corrected chi connectivity index (χ4v) is 2.58. The number of rotatable bonds is 3. The average Bonchev–Trinajstić information content (AvgIpc) is 2.54. The van der Waals surface area contributed by atoms with Crippen LogP contribution < -0.4 is 11.2 Å². The summed E-state index contributed by atoms with van der Waals surface area (Å²) in [4.78, 5) is 26.4. The first kappa shape index (κ1) is 15.9. The Kier molecular flexibility index (Phi) is 4.12. The van der Waals surface area contributed by atoms with Gasteiger partial charge < -0.3 is 0 Å². The van der Waals surface area contributed by atoms with E-state index in [1.165, 1.54) is 10.8 Å². The number of aromatic amines is 1. The molecular formula is C18H14F2N2O2. The Hall–Kier alpha value is -3.02. The summed E-state index contributed by atoms with van der Waals surface area (Å²) in [7, 11) is 0. The van der Waals surface area contributed by atoms with E-state index in [9.17, 15) is 18.4 Å². The van der Waals surface area contributed by atoms with E-state index < -0.39 is 22.9 Å². The molecule has 1 aromatic heterocycles. The molecule has 1 heterocycles. The van der Waals surface area contributed by atoms with Crippen molar-refractivity contribution in [1.29, 1.82) is 0 Å². The zero-order chi connectivity index (χ0) is 17.3. The molecule has 1 atom stereocenters. The number of H-pyrrole nitrogens is 1. The Balaban J connectivity index is 2.16. The Morgan fingerprint density at radius 1 is 1.00 bits per heavy atom. The van der Waals surface area contributed by atoms with Gasteiger partial charge in [-0.1, -0.05) is 30.3 Å². The Labute approximate surface area is 136 Å². The molecule has 0 radical (unpaired) electrons. The van der Waals surface area contributed by atoms with Gasteiger partial charge in [-0.05, 0) is 30.2 Å². The summed E-state index contributed by atoms with van der Waals surface area (Å²) in [6.07, 6.45) is 1.33. The predicted octanol–water partition coefficient (Wildman–Crippen LogP) is 3.09. The molecule has 1 unspecified atom stereocenters. The van der Waals surface area contributed by atoms with E-state index >= 15 is 0 Å². The highest BCUT2D eigenvalue weighted by atomic mass is 19.1. The van der Waals surface area contributed by atoms with E-state index in [-0.39, 0.29) is 17.2 Å². The lowest BCUT2D eigenvalue weighted by atomic mass is 10.1. The van der Waals surface area contributed by atoms with Gasteiger partial charge in [0, 0.05) is 12.3 Å². The minimum Gasteiger partial charge on any atom is -0.293 e. The van der Waals surface area contributed by atoms with Crippen LogP contribution in [0.4, 0.5) is 8.78 Å². The third-order valence-electron chi connectivity index (χ3n) is 3.84.